The Labute approximate surface area is 388 Å². The number of hydrogen-bond donors (Lipinski definition) is 9. The summed E-state index contributed by atoms with van der Waals surface area (Å²) < 4.78 is 44.4. The van der Waals surface area contributed by atoms with Crippen LogP contribution >= 0.6 is 0 Å². The number of carboxylic acid groups (broad SMARTS) is 1. The number of ether oxygens (including phenoxy) is 7. The zero-order chi connectivity index (χ0) is 47.5. The second-order valence-corrected chi connectivity index (χ2v) is 17.2. The largest absolute Gasteiger partial charge is 0.489 e. The van der Waals surface area contributed by atoms with Crippen LogP contribution in [-0.2, 0) is 32.0 Å². The van der Waals surface area contributed by atoms with Gasteiger partial charge in [-0.05, 0) is 30.0 Å². The summed E-state index contributed by atoms with van der Waals surface area (Å²) in [6.45, 7) is -1.04. The Bertz CT molecular complexity index is 2720. The Hall–Kier alpha value is -6.67. The van der Waals surface area contributed by atoms with Crippen LogP contribution in [0.25, 0.3) is 0 Å². The Morgan fingerprint density at radius 2 is 1.87 bits per heavy atom. The molecule has 0 amide bonds. The first-order chi connectivity index (χ1) is 32.9. The Morgan fingerprint density at radius 3 is 2.63 bits per heavy atom. The molecule has 1 spiro atoms. The number of fused-ring (bicyclic) bond motifs is 8. The molecule has 0 radical (unpaired) electrons. The van der Waals surface area contributed by atoms with Gasteiger partial charge in [-0.3, -0.25) is 14.6 Å². The average Bonchev–Trinajstić information content (AvgIpc) is 4.03. The number of nitrogens with one attached hydrogen (secondary N) is 1. The van der Waals surface area contributed by atoms with Crippen molar-refractivity contribution in [1.29, 1.82) is 0 Å². The van der Waals surface area contributed by atoms with Gasteiger partial charge in [-0.2, -0.15) is 0 Å². The molecule has 2 bridgehead atoms. The van der Waals surface area contributed by atoms with Crippen molar-refractivity contribution in [2.24, 2.45) is 10.7 Å². The van der Waals surface area contributed by atoms with Crippen LogP contribution in [0, 0.1) is 11.8 Å². The molecule has 68 heavy (non-hydrogen) atoms. The number of carbonyl (C=O) groups excluding carboxylic acids is 1. The molecule has 0 aliphatic carbocycles. The highest BCUT2D eigenvalue weighted by Gasteiger charge is 2.69. The minimum atomic E-state index is -2.57. The van der Waals surface area contributed by atoms with E-state index in [1.54, 1.807) is 18.3 Å². The van der Waals surface area contributed by atoms with Crippen LogP contribution in [0.5, 0.6) is 28.7 Å². The van der Waals surface area contributed by atoms with Gasteiger partial charge in [-0.15, -0.1) is 0 Å². The van der Waals surface area contributed by atoms with Gasteiger partial charge < -0.3 is 84.9 Å². The Kier molecular flexibility index (Phi) is 11.8. The maximum Gasteiger partial charge on any atom is 0.317 e. The minimum absolute atomic E-state index is 0.0134. The molecule has 8 heterocycles. The zero-order valence-corrected chi connectivity index (χ0v) is 36.2. The number of aliphatic hydroxyl groups excluding tert-OH is 5. The lowest BCUT2D eigenvalue weighted by Crippen LogP contribution is -2.80. The normalized spacial score (nSPS) is 30.0. The summed E-state index contributed by atoms with van der Waals surface area (Å²) in [7, 11) is 0. The van der Waals surface area contributed by atoms with E-state index in [1.165, 1.54) is 12.3 Å². The number of benzene rings is 3. The number of hydrogen-bond acceptors (Lipinski definition) is 19. The van der Waals surface area contributed by atoms with Gasteiger partial charge in [0.05, 0.1) is 36.1 Å². The van der Waals surface area contributed by atoms with E-state index in [0.717, 1.165) is 11.1 Å². The summed E-state index contributed by atoms with van der Waals surface area (Å²) in [6.07, 6.45) is -5.50. The third-order valence-electron chi connectivity index (χ3n) is 13.4. The first-order valence-corrected chi connectivity index (χ1v) is 22.0. The highest BCUT2D eigenvalue weighted by atomic mass is 16.7. The van der Waals surface area contributed by atoms with Gasteiger partial charge in [0.25, 0.3) is 0 Å². The zero-order valence-electron chi connectivity index (χ0n) is 36.2. The first-order valence-electron chi connectivity index (χ1n) is 22.0. The monoisotopic (exact) mass is 936 g/mol. The van der Waals surface area contributed by atoms with E-state index < -0.39 is 91.7 Å². The molecule has 8 aliphatic heterocycles. The van der Waals surface area contributed by atoms with E-state index in [2.05, 4.69) is 22.2 Å². The number of nitrogens with zero attached hydrogens (tertiary/aromatic N) is 2. The molecule has 0 aromatic heterocycles. The number of allylic oxidation sites excluding steroid dienone is 1. The molecule has 20 heteroatoms. The van der Waals surface area contributed by atoms with Crippen LogP contribution in [0.4, 0.5) is 0 Å². The number of aliphatic carboxylic acids is 1. The summed E-state index contributed by atoms with van der Waals surface area (Å²) >= 11 is 0. The molecule has 8 aliphatic rings. The standard InChI is InChI=1S/C48H48N4O16/c49-45-44(66-35(58)19-34(56)57)48(12-14-51-45)47(61)11-4-7-26-28(21-52-20-25-10-13-50-38(25)29(52)22-54)37-33(18-31(26)65-46(68-48)39(59)43(47)60)64-32(17-24-5-2-1-3-6-24)36-27-8-9-30(63-23-55)41(62-16-15-53)40(27)67-42(36)37/h1-3,5-6,8-10,12-14,18,32,36,39,42-46,51,53-55,59-61H,11,15-17,19-23,49H2,(H,56,57)/t32-,36-,39-,42-,43-,44-,45+,46-,47+,48-/m1/s1. The molecule has 10 N–H and O–H groups in total. The summed E-state index contributed by atoms with van der Waals surface area (Å²) in [5.74, 6) is 3.89. The van der Waals surface area contributed by atoms with E-state index in [9.17, 15) is 45.3 Å². The fraction of sp³-hybridized carbons (Fsp3) is 0.396. The van der Waals surface area contributed by atoms with Crippen LogP contribution < -0.4 is 34.7 Å². The fourth-order valence-electron chi connectivity index (χ4n) is 10.3. The summed E-state index contributed by atoms with van der Waals surface area (Å²) in [5.41, 5.74) is 6.53. The van der Waals surface area contributed by atoms with Crippen molar-refractivity contribution in [3.8, 4) is 40.6 Å². The Balaban J connectivity index is 1.16. The smallest absolute Gasteiger partial charge is 0.317 e. The molecule has 0 unspecified atom stereocenters. The maximum absolute atomic E-state index is 12.9. The predicted molar refractivity (Wildman–Crippen MR) is 234 cm³/mol. The van der Waals surface area contributed by atoms with Crippen LogP contribution in [0.3, 0.4) is 0 Å². The highest BCUT2D eigenvalue weighted by Crippen LogP contribution is 2.60. The predicted octanol–water partition coefficient (Wildman–Crippen LogP) is 0.108. The first kappa shape index (κ1) is 45.1. The molecular weight excluding hydrogens is 889 g/mol. The number of esters is 1. The van der Waals surface area contributed by atoms with Gasteiger partial charge in [0.1, 0.15) is 60.7 Å². The third kappa shape index (κ3) is 7.39. The van der Waals surface area contributed by atoms with Crippen molar-refractivity contribution in [1.82, 2.24) is 10.2 Å². The topological polar surface area (TPSA) is 294 Å². The van der Waals surface area contributed by atoms with E-state index in [4.69, 9.17) is 38.9 Å². The van der Waals surface area contributed by atoms with Crippen molar-refractivity contribution < 1.29 is 78.5 Å². The minimum Gasteiger partial charge on any atom is -0.489 e. The van der Waals surface area contributed by atoms with E-state index in [1.807, 2.05) is 47.4 Å². The van der Waals surface area contributed by atoms with E-state index in [0.29, 0.717) is 46.8 Å². The van der Waals surface area contributed by atoms with E-state index in [-0.39, 0.29) is 54.9 Å². The molecular formula is C48H48N4O16. The van der Waals surface area contributed by atoms with Gasteiger partial charge in [-0.25, -0.2) is 0 Å². The Morgan fingerprint density at radius 1 is 1.04 bits per heavy atom. The van der Waals surface area contributed by atoms with Crippen molar-refractivity contribution >= 4 is 18.2 Å². The van der Waals surface area contributed by atoms with Gasteiger partial charge in [0.15, 0.2) is 30.0 Å². The third-order valence-corrected chi connectivity index (χ3v) is 13.4. The summed E-state index contributed by atoms with van der Waals surface area (Å²) in [6, 6.07) is 14.7. The number of rotatable bonds is 13. The molecule has 0 saturated carbocycles. The molecule has 20 nitrogen and oxygen atoms in total. The van der Waals surface area contributed by atoms with Gasteiger partial charge in [0.2, 0.25) is 12.0 Å². The van der Waals surface area contributed by atoms with Crippen molar-refractivity contribution in [3.05, 3.63) is 112 Å². The van der Waals surface area contributed by atoms with Crippen LogP contribution in [0.2, 0.25) is 0 Å². The molecule has 3 aromatic carbocycles. The van der Waals surface area contributed by atoms with Crippen molar-refractivity contribution in [2.45, 2.75) is 85.9 Å². The molecule has 1 fully saturated rings. The van der Waals surface area contributed by atoms with Crippen LogP contribution in [0.15, 0.2) is 88.8 Å². The maximum atomic E-state index is 12.9. The molecule has 1 saturated heterocycles. The number of carboxylic acids is 1. The van der Waals surface area contributed by atoms with Crippen LogP contribution in [-0.4, -0.2) is 140 Å². The quantitative estimate of drug-likeness (QED) is 0.0476. The van der Waals surface area contributed by atoms with Gasteiger partial charge >= 0.3 is 11.9 Å². The van der Waals surface area contributed by atoms with Gasteiger partial charge in [-0.1, -0.05) is 48.2 Å². The molecule has 3 aromatic rings. The van der Waals surface area contributed by atoms with E-state index >= 15 is 0 Å². The van der Waals surface area contributed by atoms with Crippen molar-refractivity contribution in [2.75, 3.05) is 33.2 Å². The highest BCUT2D eigenvalue weighted by molar-refractivity contribution is 5.90. The lowest BCUT2D eigenvalue weighted by atomic mass is 9.67. The summed E-state index contributed by atoms with van der Waals surface area (Å²) in [5, 5.41) is 78.8. The number of carbonyl (C=O) groups is 2. The summed E-state index contributed by atoms with van der Waals surface area (Å²) in [4.78, 5) is 30.9. The second-order valence-electron chi connectivity index (χ2n) is 17.2. The number of nitrogens with two attached hydrogens (primary N) is 1. The molecule has 10 atom stereocenters. The second kappa shape index (κ2) is 17.8. The van der Waals surface area contributed by atoms with Gasteiger partial charge in [0, 0.05) is 60.5 Å². The molecule has 356 valence electrons. The fourth-order valence-corrected chi connectivity index (χ4v) is 10.3. The average molecular weight is 937 g/mol. The van der Waals surface area contributed by atoms with Crippen LogP contribution in [0.1, 0.15) is 52.7 Å². The molecule has 11 rings (SSSR count). The number of aliphatic hydroxyl groups is 6. The lowest BCUT2D eigenvalue weighted by Gasteiger charge is -2.57. The lowest BCUT2D eigenvalue weighted by molar-refractivity contribution is -0.355. The SMILES string of the molecule is N[C@H]1NC=C[C@@]2(O[C@H]3Oc4cc5c(c(CN6CC7=CC=NC7=C6CO)c4C#CC[C@]2(O)[C@H](O)[C@H]3O)[C@@H]2Oc3c(ccc(OCO)c3OCCO)[C@@H]2[C@@H](Cc2ccccc2)O5)[C@@H]1OC(=O)CC(=O)O. The van der Waals surface area contributed by atoms with Crippen molar-refractivity contribution in [3.63, 3.8) is 0 Å². The number of aliphatic imine (C=N–C) groups is 1.